The third kappa shape index (κ3) is 2.42. The Balaban J connectivity index is 3.00. The zero-order valence-electron chi connectivity index (χ0n) is 7.26. The average Bonchev–Trinajstić information content (AvgIpc) is 2.14. The van der Waals surface area contributed by atoms with Gasteiger partial charge in [-0.25, -0.2) is 8.78 Å². The van der Waals surface area contributed by atoms with E-state index in [0.29, 0.717) is 6.07 Å². The number of methoxy groups -OCH3 is 1. The van der Waals surface area contributed by atoms with Crippen molar-refractivity contribution < 1.29 is 18.3 Å². The predicted molar refractivity (Wildman–Crippen MR) is 47.0 cm³/mol. The van der Waals surface area contributed by atoms with Crippen LogP contribution >= 0.6 is 11.6 Å². The molecule has 1 aromatic rings. The van der Waals surface area contributed by atoms with Crippen LogP contribution in [-0.2, 0) is 9.53 Å². The standard InChI is InChI=1S/C9H7ClF2O2/c1-14-9(13)8(10)5-2-6(11)4-7(12)3-5/h2-4,8H,1H3. The number of rotatable bonds is 2. The summed E-state index contributed by atoms with van der Waals surface area (Å²) in [4.78, 5) is 10.9. The number of ether oxygens (including phenoxy) is 1. The lowest BCUT2D eigenvalue weighted by molar-refractivity contribution is -0.140. The van der Waals surface area contributed by atoms with Crippen molar-refractivity contribution in [3.05, 3.63) is 35.4 Å². The Morgan fingerprint density at radius 1 is 1.36 bits per heavy atom. The molecule has 0 aliphatic heterocycles. The molecule has 0 aromatic heterocycles. The lowest BCUT2D eigenvalue weighted by Gasteiger charge is -2.07. The lowest BCUT2D eigenvalue weighted by Crippen LogP contribution is -2.09. The van der Waals surface area contributed by atoms with E-state index in [1.54, 1.807) is 0 Å². The highest BCUT2D eigenvalue weighted by atomic mass is 35.5. The predicted octanol–water partition coefficient (Wildman–Crippen LogP) is 2.42. The van der Waals surface area contributed by atoms with Gasteiger partial charge in [0.1, 0.15) is 11.6 Å². The van der Waals surface area contributed by atoms with Crippen LogP contribution in [0.4, 0.5) is 8.78 Å². The third-order valence-electron chi connectivity index (χ3n) is 1.59. The number of esters is 1. The summed E-state index contributed by atoms with van der Waals surface area (Å²) < 4.78 is 29.7. The van der Waals surface area contributed by atoms with Gasteiger partial charge in [-0.3, -0.25) is 4.79 Å². The zero-order valence-corrected chi connectivity index (χ0v) is 8.02. The molecule has 0 saturated carbocycles. The van der Waals surface area contributed by atoms with Gasteiger partial charge in [0.25, 0.3) is 0 Å². The van der Waals surface area contributed by atoms with E-state index >= 15 is 0 Å². The molecule has 0 amide bonds. The van der Waals surface area contributed by atoms with E-state index in [0.717, 1.165) is 19.2 Å². The van der Waals surface area contributed by atoms with Crippen molar-refractivity contribution in [1.82, 2.24) is 0 Å². The molecular formula is C9H7ClF2O2. The third-order valence-corrected chi connectivity index (χ3v) is 2.02. The number of hydrogen-bond donors (Lipinski definition) is 0. The van der Waals surface area contributed by atoms with Gasteiger partial charge in [0, 0.05) is 6.07 Å². The minimum Gasteiger partial charge on any atom is -0.468 e. The maximum atomic E-state index is 12.7. The SMILES string of the molecule is COC(=O)C(Cl)c1cc(F)cc(F)c1. The molecule has 5 heteroatoms. The summed E-state index contributed by atoms with van der Waals surface area (Å²) in [6, 6.07) is 2.67. The van der Waals surface area contributed by atoms with E-state index in [4.69, 9.17) is 11.6 Å². The van der Waals surface area contributed by atoms with Crippen molar-refractivity contribution in [3.8, 4) is 0 Å². The van der Waals surface area contributed by atoms with Gasteiger partial charge < -0.3 is 4.74 Å². The molecule has 0 N–H and O–H groups in total. The van der Waals surface area contributed by atoms with Crippen LogP contribution in [0.15, 0.2) is 18.2 Å². The molecule has 1 rings (SSSR count). The van der Waals surface area contributed by atoms with Crippen molar-refractivity contribution in [2.45, 2.75) is 5.38 Å². The Labute approximate surface area is 84.4 Å². The molecule has 0 fully saturated rings. The van der Waals surface area contributed by atoms with Crippen LogP contribution < -0.4 is 0 Å². The Kier molecular flexibility index (Phi) is 3.41. The quantitative estimate of drug-likeness (QED) is 0.565. The smallest absolute Gasteiger partial charge is 0.328 e. The number of halogens is 3. The normalized spacial score (nSPS) is 12.3. The topological polar surface area (TPSA) is 26.3 Å². The highest BCUT2D eigenvalue weighted by Gasteiger charge is 2.19. The fourth-order valence-corrected chi connectivity index (χ4v) is 1.18. The Morgan fingerprint density at radius 2 is 1.86 bits per heavy atom. The van der Waals surface area contributed by atoms with Gasteiger partial charge in [-0.2, -0.15) is 0 Å². The monoisotopic (exact) mass is 220 g/mol. The fourth-order valence-electron chi connectivity index (χ4n) is 0.961. The molecule has 76 valence electrons. The highest BCUT2D eigenvalue weighted by molar-refractivity contribution is 6.29. The van der Waals surface area contributed by atoms with Crippen LogP contribution in [0.5, 0.6) is 0 Å². The fraction of sp³-hybridized carbons (Fsp3) is 0.222. The average molecular weight is 221 g/mol. The number of carbonyl (C=O) groups excluding carboxylic acids is 1. The van der Waals surface area contributed by atoms with Crippen LogP contribution in [0.1, 0.15) is 10.9 Å². The van der Waals surface area contributed by atoms with Crippen LogP contribution in [0.3, 0.4) is 0 Å². The van der Waals surface area contributed by atoms with Crippen LogP contribution in [-0.4, -0.2) is 13.1 Å². The second-order valence-electron chi connectivity index (χ2n) is 2.59. The van der Waals surface area contributed by atoms with Crippen LogP contribution in [0.2, 0.25) is 0 Å². The van der Waals surface area contributed by atoms with Crippen molar-refractivity contribution in [2.75, 3.05) is 7.11 Å². The summed E-state index contributed by atoms with van der Waals surface area (Å²) in [6.45, 7) is 0. The van der Waals surface area contributed by atoms with Crippen molar-refractivity contribution in [1.29, 1.82) is 0 Å². The summed E-state index contributed by atoms with van der Waals surface area (Å²) in [5.41, 5.74) is 0.0380. The summed E-state index contributed by atoms with van der Waals surface area (Å²) in [5.74, 6) is -2.32. The maximum absolute atomic E-state index is 12.7. The summed E-state index contributed by atoms with van der Waals surface area (Å²) in [7, 11) is 1.15. The maximum Gasteiger partial charge on any atom is 0.328 e. The first kappa shape index (κ1) is 10.9. The molecule has 0 aliphatic carbocycles. The first-order valence-electron chi connectivity index (χ1n) is 3.72. The van der Waals surface area contributed by atoms with Gasteiger partial charge >= 0.3 is 5.97 Å². The minimum absolute atomic E-state index is 0.0380. The van der Waals surface area contributed by atoms with E-state index in [1.165, 1.54) is 0 Å². The van der Waals surface area contributed by atoms with E-state index in [2.05, 4.69) is 4.74 Å². The van der Waals surface area contributed by atoms with Gasteiger partial charge in [-0.1, -0.05) is 0 Å². The largest absolute Gasteiger partial charge is 0.468 e. The van der Waals surface area contributed by atoms with Gasteiger partial charge in [0.2, 0.25) is 0 Å². The summed E-state index contributed by atoms with van der Waals surface area (Å²) in [5, 5.41) is -1.19. The Bertz CT molecular complexity index is 334. The first-order chi connectivity index (χ1) is 6.54. The highest BCUT2D eigenvalue weighted by Crippen LogP contribution is 2.23. The molecule has 0 heterocycles. The van der Waals surface area contributed by atoms with Gasteiger partial charge in [0.05, 0.1) is 7.11 Å². The van der Waals surface area contributed by atoms with Gasteiger partial charge in [-0.15, -0.1) is 11.6 Å². The molecule has 14 heavy (non-hydrogen) atoms. The molecule has 0 saturated heterocycles. The molecule has 1 unspecified atom stereocenters. The second kappa shape index (κ2) is 4.37. The molecule has 0 aliphatic rings. The number of alkyl halides is 1. The van der Waals surface area contributed by atoms with Gasteiger partial charge in [0.15, 0.2) is 5.38 Å². The van der Waals surface area contributed by atoms with Crippen molar-refractivity contribution in [2.24, 2.45) is 0 Å². The number of hydrogen-bond acceptors (Lipinski definition) is 2. The van der Waals surface area contributed by atoms with E-state index in [1.807, 2.05) is 0 Å². The first-order valence-corrected chi connectivity index (χ1v) is 4.16. The van der Waals surface area contributed by atoms with E-state index in [9.17, 15) is 13.6 Å². The molecule has 0 radical (unpaired) electrons. The molecule has 1 atom stereocenters. The number of carbonyl (C=O) groups is 1. The molecule has 0 bridgehead atoms. The zero-order chi connectivity index (χ0) is 10.7. The molecule has 2 nitrogen and oxygen atoms in total. The van der Waals surface area contributed by atoms with Crippen LogP contribution in [0.25, 0.3) is 0 Å². The molecule has 0 spiro atoms. The molecular weight excluding hydrogens is 214 g/mol. The van der Waals surface area contributed by atoms with E-state index in [-0.39, 0.29) is 5.56 Å². The lowest BCUT2D eigenvalue weighted by atomic mass is 10.1. The van der Waals surface area contributed by atoms with Crippen molar-refractivity contribution in [3.63, 3.8) is 0 Å². The Morgan fingerprint density at radius 3 is 2.29 bits per heavy atom. The van der Waals surface area contributed by atoms with E-state index < -0.39 is 23.0 Å². The summed E-state index contributed by atoms with van der Waals surface area (Å²) >= 11 is 5.59. The van der Waals surface area contributed by atoms with Crippen LogP contribution in [0, 0.1) is 11.6 Å². The number of benzene rings is 1. The minimum atomic E-state index is -1.19. The molecule has 1 aromatic carbocycles. The van der Waals surface area contributed by atoms with Gasteiger partial charge in [-0.05, 0) is 17.7 Å². The summed E-state index contributed by atoms with van der Waals surface area (Å²) in [6.07, 6.45) is 0. The van der Waals surface area contributed by atoms with Crippen molar-refractivity contribution >= 4 is 17.6 Å². The second-order valence-corrected chi connectivity index (χ2v) is 3.02. The Hall–Kier alpha value is -1.16.